The van der Waals surface area contributed by atoms with Crippen LogP contribution in [0.1, 0.15) is 42.5 Å². The molecule has 0 spiro atoms. The van der Waals surface area contributed by atoms with Crippen LogP contribution < -0.4 is 4.74 Å². The van der Waals surface area contributed by atoms with Crippen molar-refractivity contribution < 1.29 is 23.1 Å². The SMILES string of the molecule is COc1ccsc1CCCCCCC(C(=O)O)S(=O)(=O)c1ccc(C)cc1. The third kappa shape index (κ3) is 5.81. The molecule has 0 aliphatic heterocycles. The van der Waals surface area contributed by atoms with Gasteiger partial charge >= 0.3 is 5.97 Å². The van der Waals surface area contributed by atoms with Crippen LogP contribution in [-0.2, 0) is 21.1 Å². The largest absolute Gasteiger partial charge is 0.496 e. The summed E-state index contributed by atoms with van der Waals surface area (Å²) >= 11 is 1.67. The van der Waals surface area contributed by atoms with Gasteiger partial charge in [0, 0.05) is 4.88 Å². The second kappa shape index (κ2) is 9.90. The van der Waals surface area contributed by atoms with Crippen molar-refractivity contribution in [2.75, 3.05) is 7.11 Å². The molecule has 0 amide bonds. The first-order valence-electron chi connectivity index (χ1n) is 9.00. The van der Waals surface area contributed by atoms with Gasteiger partial charge in [0.2, 0.25) is 0 Å². The smallest absolute Gasteiger partial charge is 0.322 e. The van der Waals surface area contributed by atoms with Crippen LogP contribution in [0.15, 0.2) is 40.6 Å². The second-order valence-corrected chi connectivity index (χ2v) is 9.68. The molecule has 1 heterocycles. The minimum absolute atomic E-state index is 0.0743. The third-order valence-corrected chi connectivity index (χ3v) is 7.62. The monoisotopic (exact) mass is 410 g/mol. The van der Waals surface area contributed by atoms with E-state index >= 15 is 0 Å². The molecule has 0 saturated carbocycles. The van der Waals surface area contributed by atoms with Crippen molar-refractivity contribution in [3.05, 3.63) is 46.2 Å². The number of unbranched alkanes of at least 4 members (excludes halogenated alkanes) is 3. The molecule has 7 heteroatoms. The first-order chi connectivity index (χ1) is 12.9. The van der Waals surface area contributed by atoms with Gasteiger partial charge in [-0.15, -0.1) is 11.3 Å². The van der Waals surface area contributed by atoms with Gasteiger partial charge in [-0.25, -0.2) is 8.42 Å². The van der Waals surface area contributed by atoms with Crippen LogP contribution in [0.25, 0.3) is 0 Å². The Bertz CT molecular complexity index is 838. The normalized spacial score (nSPS) is 12.7. The van der Waals surface area contributed by atoms with Crippen LogP contribution in [0.2, 0.25) is 0 Å². The van der Waals surface area contributed by atoms with E-state index in [1.807, 2.05) is 18.4 Å². The predicted octanol–water partition coefficient (Wildman–Crippen LogP) is 4.49. The number of sulfone groups is 1. The maximum absolute atomic E-state index is 12.6. The van der Waals surface area contributed by atoms with E-state index in [-0.39, 0.29) is 11.3 Å². The number of hydrogen-bond acceptors (Lipinski definition) is 5. The fraction of sp³-hybridized carbons (Fsp3) is 0.450. The summed E-state index contributed by atoms with van der Waals surface area (Å²) in [5, 5.41) is 10.0. The van der Waals surface area contributed by atoms with Gasteiger partial charge in [-0.1, -0.05) is 37.0 Å². The molecule has 0 radical (unpaired) electrons. The highest BCUT2D eigenvalue weighted by molar-refractivity contribution is 7.92. The molecule has 2 aromatic rings. The van der Waals surface area contributed by atoms with Crippen LogP contribution in [0, 0.1) is 6.92 Å². The molecule has 5 nitrogen and oxygen atoms in total. The molecule has 0 fully saturated rings. The number of benzene rings is 1. The Morgan fingerprint density at radius 2 is 1.78 bits per heavy atom. The van der Waals surface area contributed by atoms with Gasteiger partial charge in [-0.2, -0.15) is 0 Å². The fourth-order valence-electron chi connectivity index (χ4n) is 2.97. The molecule has 2 rings (SSSR count). The minimum atomic E-state index is -3.87. The van der Waals surface area contributed by atoms with E-state index in [0.717, 1.165) is 37.0 Å². The summed E-state index contributed by atoms with van der Waals surface area (Å²) in [7, 11) is -2.21. The molecule has 0 saturated heterocycles. The lowest BCUT2D eigenvalue weighted by molar-refractivity contribution is -0.136. The van der Waals surface area contributed by atoms with Crippen LogP contribution >= 0.6 is 11.3 Å². The van der Waals surface area contributed by atoms with Crippen molar-refractivity contribution in [1.29, 1.82) is 0 Å². The van der Waals surface area contributed by atoms with Gasteiger partial charge in [-0.05, 0) is 49.8 Å². The summed E-state index contributed by atoms with van der Waals surface area (Å²) in [5.41, 5.74) is 0.934. The summed E-state index contributed by atoms with van der Waals surface area (Å²) < 4.78 is 30.6. The molecule has 0 aliphatic carbocycles. The molecular weight excluding hydrogens is 384 g/mol. The lowest BCUT2D eigenvalue weighted by atomic mass is 10.1. The highest BCUT2D eigenvalue weighted by Crippen LogP contribution is 2.27. The summed E-state index contributed by atoms with van der Waals surface area (Å²) in [4.78, 5) is 12.8. The number of ether oxygens (including phenoxy) is 1. The zero-order valence-electron chi connectivity index (χ0n) is 15.7. The van der Waals surface area contributed by atoms with Gasteiger partial charge in [0.15, 0.2) is 15.1 Å². The predicted molar refractivity (Wildman–Crippen MR) is 107 cm³/mol. The molecule has 0 aliphatic rings. The van der Waals surface area contributed by atoms with Crippen LogP contribution in [-0.4, -0.2) is 31.9 Å². The van der Waals surface area contributed by atoms with E-state index < -0.39 is 21.1 Å². The van der Waals surface area contributed by atoms with E-state index in [2.05, 4.69) is 0 Å². The van der Waals surface area contributed by atoms with Gasteiger partial charge < -0.3 is 9.84 Å². The second-order valence-electron chi connectivity index (χ2n) is 6.55. The summed E-state index contributed by atoms with van der Waals surface area (Å²) in [6.07, 6.45) is 4.33. The summed E-state index contributed by atoms with van der Waals surface area (Å²) in [6.45, 7) is 1.86. The minimum Gasteiger partial charge on any atom is -0.496 e. The Kier molecular flexibility index (Phi) is 7.86. The highest BCUT2D eigenvalue weighted by Gasteiger charge is 2.33. The number of aliphatic carboxylic acids is 1. The van der Waals surface area contributed by atoms with Crippen molar-refractivity contribution in [3.63, 3.8) is 0 Å². The summed E-state index contributed by atoms with van der Waals surface area (Å²) in [5.74, 6) is -0.367. The number of hydrogen-bond donors (Lipinski definition) is 1. The lowest BCUT2D eigenvalue weighted by Gasteiger charge is -2.14. The Hall–Kier alpha value is -1.86. The molecule has 1 aromatic carbocycles. The zero-order chi connectivity index (χ0) is 19.9. The van der Waals surface area contributed by atoms with Crippen LogP contribution in [0.5, 0.6) is 5.75 Å². The quantitative estimate of drug-likeness (QED) is 0.552. The Labute approximate surface area is 164 Å². The average molecular weight is 411 g/mol. The van der Waals surface area contributed by atoms with Gasteiger partial charge in [0.25, 0.3) is 0 Å². The maximum atomic E-state index is 12.6. The number of carbonyl (C=O) groups is 1. The first kappa shape index (κ1) is 21.4. The molecule has 1 aromatic heterocycles. The number of methoxy groups -OCH3 is 1. The molecular formula is C20H26O5S2. The van der Waals surface area contributed by atoms with Gasteiger partial charge in [-0.3, -0.25) is 4.79 Å². The van der Waals surface area contributed by atoms with E-state index in [9.17, 15) is 18.3 Å². The van der Waals surface area contributed by atoms with Crippen molar-refractivity contribution in [2.24, 2.45) is 0 Å². The van der Waals surface area contributed by atoms with Gasteiger partial charge in [0.05, 0.1) is 12.0 Å². The molecule has 1 atom stereocenters. The fourth-order valence-corrected chi connectivity index (χ4v) is 5.44. The lowest BCUT2D eigenvalue weighted by Crippen LogP contribution is -2.30. The molecule has 27 heavy (non-hydrogen) atoms. The number of thiophene rings is 1. The standard InChI is InChI=1S/C20H26O5S2/c1-15-9-11-16(12-10-15)27(23,24)19(20(21)22)8-6-4-3-5-7-18-17(25-2)13-14-26-18/h9-14,19H,3-8H2,1-2H3,(H,21,22). The van der Waals surface area contributed by atoms with Crippen molar-refractivity contribution >= 4 is 27.1 Å². The third-order valence-electron chi connectivity index (χ3n) is 4.54. The molecule has 0 bridgehead atoms. The number of carboxylic acid groups (broad SMARTS) is 1. The summed E-state index contributed by atoms with van der Waals surface area (Å²) in [6, 6.07) is 8.28. The molecule has 1 unspecified atom stereocenters. The Balaban J connectivity index is 1.84. The van der Waals surface area contributed by atoms with Crippen molar-refractivity contribution in [2.45, 2.75) is 55.6 Å². The number of aryl methyl sites for hydroxylation is 2. The van der Waals surface area contributed by atoms with Crippen LogP contribution in [0.3, 0.4) is 0 Å². The van der Waals surface area contributed by atoms with E-state index in [1.54, 1.807) is 30.6 Å². The Morgan fingerprint density at radius 3 is 2.41 bits per heavy atom. The number of carboxylic acids is 1. The van der Waals surface area contributed by atoms with Crippen molar-refractivity contribution in [1.82, 2.24) is 0 Å². The highest BCUT2D eigenvalue weighted by atomic mass is 32.2. The van der Waals surface area contributed by atoms with Crippen LogP contribution in [0.4, 0.5) is 0 Å². The van der Waals surface area contributed by atoms with Gasteiger partial charge in [0.1, 0.15) is 5.75 Å². The van der Waals surface area contributed by atoms with Crippen molar-refractivity contribution in [3.8, 4) is 5.75 Å². The van der Waals surface area contributed by atoms with E-state index in [1.165, 1.54) is 17.0 Å². The molecule has 1 N–H and O–H groups in total. The average Bonchev–Trinajstić information content (AvgIpc) is 3.08. The van der Waals surface area contributed by atoms with E-state index in [4.69, 9.17) is 4.74 Å². The zero-order valence-corrected chi connectivity index (χ0v) is 17.3. The maximum Gasteiger partial charge on any atom is 0.322 e. The Morgan fingerprint density at radius 1 is 1.11 bits per heavy atom. The number of rotatable bonds is 11. The first-order valence-corrected chi connectivity index (χ1v) is 11.4. The van der Waals surface area contributed by atoms with E-state index in [0.29, 0.717) is 6.42 Å². The topological polar surface area (TPSA) is 80.7 Å². The molecule has 148 valence electrons.